The van der Waals surface area contributed by atoms with E-state index >= 15 is 0 Å². The predicted molar refractivity (Wildman–Crippen MR) is 96.5 cm³/mol. The zero-order chi connectivity index (χ0) is 16.2. The normalized spacial score (nSPS) is 12.5. The highest BCUT2D eigenvalue weighted by Gasteiger charge is 2.13. The van der Waals surface area contributed by atoms with Gasteiger partial charge in [0.05, 0.1) is 12.6 Å². The Morgan fingerprint density at radius 1 is 1.22 bits per heavy atom. The van der Waals surface area contributed by atoms with E-state index in [1.54, 1.807) is 7.11 Å². The quantitative estimate of drug-likeness (QED) is 0.701. The summed E-state index contributed by atoms with van der Waals surface area (Å²) in [4.78, 5) is 4.50. The summed E-state index contributed by atoms with van der Waals surface area (Å²) in [7, 11) is 1.68. The summed E-state index contributed by atoms with van der Waals surface area (Å²) in [5.41, 5.74) is 1.19. The molecule has 2 aromatic carbocycles. The van der Waals surface area contributed by atoms with Crippen LogP contribution in [0.25, 0.3) is 10.8 Å². The maximum Gasteiger partial charge on any atom is 0.203 e. The Labute approximate surface area is 144 Å². The van der Waals surface area contributed by atoms with Gasteiger partial charge in [-0.1, -0.05) is 41.9 Å². The van der Waals surface area contributed by atoms with Crippen LogP contribution >= 0.6 is 23.1 Å². The van der Waals surface area contributed by atoms with Crippen LogP contribution in [0.2, 0.25) is 5.02 Å². The van der Waals surface area contributed by atoms with Gasteiger partial charge < -0.3 is 10.1 Å². The second kappa shape index (κ2) is 7.25. The number of fused-ring (bicyclic) bond motifs is 1. The highest BCUT2D eigenvalue weighted by atomic mass is 35.5. The monoisotopic (exact) mass is 347 g/mol. The fourth-order valence-electron chi connectivity index (χ4n) is 2.53. The van der Waals surface area contributed by atoms with Crippen LogP contribution < -0.4 is 5.32 Å². The lowest BCUT2D eigenvalue weighted by Gasteiger charge is -2.16. The Morgan fingerprint density at radius 2 is 2.00 bits per heavy atom. The van der Waals surface area contributed by atoms with E-state index in [4.69, 9.17) is 16.3 Å². The van der Waals surface area contributed by atoms with Crippen molar-refractivity contribution in [2.45, 2.75) is 19.4 Å². The van der Waals surface area contributed by atoms with Gasteiger partial charge in [0.2, 0.25) is 5.13 Å². The van der Waals surface area contributed by atoms with Crippen molar-refractivity contribution >= 4 is 39.0 Å². The van der Waals surface area contributed by atoms with Gasteiger partial charge in [-0.15, -0.1) is 0 Å². The van der Waals surface area contributed by atoms with Gasteiger partial charge >= 0.3 is 0 Å². The summed E-state index contributed by atoms with van der Waals surface area (Å²) in [5.74, 6) is 0.813. The molecule has 0 spiro atoms. The molecule has 0 aliphatic heterocycles. The molecule has 23 heavy (non-hydrogen) atoms. The van der Waals surface area contributed by atoms with Gasteiger partial charge in [0.1, 0.15) is 5.82 Å². The minimum Gasteiger partial charge on any atom is -0.384 e. The standard InChI is InChI=1S/C17H18ClN3OS/c1-11(19-17-20-16(21-23-17)9-10-22-2)12-7-8-15(18)14-6-4-3-5-13(12)14/h3-8,11H,9-10H2,1-2H3,(H,19,20,21). The van der Waals surface area contributed by atoms with Crippen molar-refractivity contribution in [2.24, 2.45) is 0 Å². The van der Waals surface area contributed by atoms with Crippen LogP contribution in [0.4, 0.5) is 5.13 Å². The average molecular weight is 348 g/mol. The van der Waals surface area contributed by atoms with Crippen molar-refractivity contribution in [3.05, 3.63) is 52.8 Å². The first-order valence-electron chi connectivity index (χ1n) is 7.44. The van der Waals surface area contributed by atoms with Crippen LogP contribution in [-0.2, 0) is 11.2 Å². The van der Waals surface area contributed by atoms with Crippen LogP contribution in [0.1, 0.15) is 24.4 Å². The van der Waals surface area contributed by atoms with Gasteiger partial charge in [-0.3, -0.25) is 0 Å². The van der Waals surface area contributed by atoms with Crippen molar-refractivity contribution in [2.75, 3.05) is 19.0 Å². The Morgan fingerprint density at radius 3 is 2.78 bits per heavy atom. The number of nitrogens with zero attached hydrogens (tertiary/aromatic N) is 2. The van der Waals surface area contributed by atoms with Gasteiger partial charge in [-0.2, -0.15) is 4.37 Å². The topological polar surface area (TPSA) is 47.0 Å². The molecule has 120 valence electrons. The molecule has 0 aliphatic carbocycles. The summed E-state index contributed by atoms with van der Waals surface area (Å²) in [5, 5.41) is 7.25. The molecule has 1 heterocycles. The molecule has 0 bridgehead atoms. The number of benzene rings is 2. The number of hydrogen-bond acceptors (Lipinski definition) is 5. The molecule has 0 aliphatic rings. The third kappa shape index (κ3) is 3.63. The average Bonchev–Trinajstić information content (AvgIpc) is 3.01. The van der Waals surface area contributed by atoms with E-state index in [1.165, 1.54) is 17.1 Å². The third-order valence-electron chi connectivity index (χ3n) is 3.71. The number of rotatable bonds is 6. The fraction of sp³-hybridized carbons (Fsp3) is 0.294. The molecular weight excluding hydrogens is 330 g/mol. The predicted octanol–water partition coefficient (Wildman–Crippen LogP) is 4.71. The zero-order valence-electron chi connectivity index (χ0n) is 13.0. The van der Waals surface area contributed by atoms with Crippen LogP contribution in [0, 0.1) is 0 Å². The Hall–Kier alpha value is -1.69. The lowest BCUT2D eigenvalue weighted by Crippen LogP contribution is -2.07. The van der Waals surface area contributed by atoms with Crippen molar-refractivity contribution in [3.63, 3.8) is 0 Å². The lowest BCUT2D eigenvalue weighted by molar-refractivity contribution is 0.201. The van der Waals surface area contributed by atoms with Gasteiger partial charge in [0.15, 0.2) is 0 Å². The van der Waals surface area contributed by atoms with Crippen molar-refractivity contribution in [1.29, 1.82) is 0 Å². The molecule has 1 unspecified atom stereocenters. The smallest absolute Gasteiger partial charge is 0.203 e. The van der Waals surface area contributed by atoms with E-state index in [1.807, 2.05) is 24.3 Å². The van der Waals surface area contributed by atoms with E-state index in [0.717, 1.165) is 33.2 Å². The number of halogens is 1. The lowest BCUT2D eigenvalue weighted by atomic mass is 10.00. The molecule has 1 atom stereocenters. The van der Waals surface area contributed by atoms with Gasteiger partial charge in [0.25, 0.3) is 0 Å². The summed E-state index contributed by atoms with van der Waals surface area (Å²) < 4.78 is 9.40. The van der Waals surface area contributed by atoms with Crippen molar-refractivity contribution < 1.29 is 4.74 Å². The Balaban J connectivity index is 1.82. The van der Waals surface area contributed by atoms with E-state index in [2.05, 4.69) is 33.7 Å². The number of anilines is 1. The molecule has 0 amide bonds. The zero-order valence-corrected chi connectivity index (χ0v) is 14.6. The molecule has 1 aromatic heterocycles. The summed E-state index contributed by atoms with van der Waals surface area (Å²) in [6, 6.07) is 12.3. The molecule has 0 saturated carbocycles. The fourth-order valence-corrected chi connectivity index (χ4v) is 3.46. The van der Waals surface area contributed by atoms with E-state index in [0.29, 0.717) is 6.61 Å². The minimum atomic E-state index is 0.111. The summed E-state index contributed by atoms with van der Waals surface area (Å²) in [6.07, 6.45) is 0.729. The number of hydrogen-bond donors (Lipinski definition) is 1. The largest absolute Gasteiger partial charge is 0.384 e. The number of aromatic nitrogens is 2. The number of nitrogens with one attached hydrogen (secondary N) is 1. The van der Waals surface area contributed by atoms with Gasteiger partial charge in [0, 0.05) is 35.5 Å². The van der Waals surface area contributed by atoms with Crippen LogP contribution in [0.5, 0.6) is 0 Å². The SMILES string of the molecule is COCCc1nsc(NC(C)c2ccc(Cl)c3ccccc23)n1. The maximum absolute atomic E-state index is 6.29. The first-order valence-corrected chi connectivity index (χ1v) is 8.59. The highest BCUT2D eigenvalue weighted by Crippen LogP contribution is 2.31. The van der Waals surface area contributed by atoms with Crippen molar-refractivity contribution in [3.8, 4) is 0 Å². The number of methoxy groups -OCH3 is 1. The molecular formula is C17H18ClN3OS. The number of ether oxygens (including phenoxy) is 1. The second-order valence-corrected chi connectivity index (χ2v) is 6.47. The molecule has 1 N–H and O–H groups in total. The first-order chi connectivity index (χ1) is 11.2. The van der Waals surface area contributed by atoms with Crippen LogP contribution in [0.15, 0.2) is 36.4 Å². The Kier molecular flexibility index (Phi) is 5.10. The molecule has 6 heteroatoms. The van der Waals surface area contributed by atoms with Gasteiger partial charge in [-0.05, 0) is 23.9 Å². The first kappa shape index (κ1) is 16.2. The van der Waals surface area contributed by atoms with Crippen LogP contribution in [-0.4, -0.2) is 23.1 Å². The maximum atomic E-state index is 6.29. The molecule has 3 rings (SSSR count). The minimum absolute atomic E-state index is 0.111. The molecule has 4 nitrogen and oxygen atoms in total. The van der Waals surface area contributed by atoms with E-state index < -0.39 is 0 Å². The Bertz CT molecular complexity index is 805. The van der Waals surface area contributed by atoms with E-state index in [9.17, 15) is 0 Å². The molecule has 0 fully saturated rings. The second-order valence-electron chi connectivity index (χ2n) is 5.31. The van der Waals surface area contributed by atoms with Gasteiger partial charge in [-0.25, -0.2) is 4.98 Å². The highest BCUT2D eigenvalue weighted by molar-refractivity contribution is 7.09. The van der Waals surface area contributed by atoms with E-state index in [-0.39, 0.29) is 6.04 Å². The molecule has 0 saturated heterocycles. The van der Waals surface area contributed by atoms with Crippen LogP contribution in [0.3, 0.4) is 0 Å². The summed E-state index contributed by atoms with van der Waals surface area (Å²) >= 11 is 7.67. The van der Waals surface area contributed by atoms with Crippen molar-refractivity contribution in [1.82, 2.24) is 9.36 Å². The summed E-state index contributed by atoms with van der Waals surface area (Å²) in [6.45, 7) is 2.75. The molecule has 0 radical (unpaired) electrons. The molecule has 3 aromatic rings. The third-order valence-corrected chi connectivity index (χ3v) is 4.72.